The first-order valence-electron chi connectivity index (χ1n) is 17.8. The number of carbonyl (C=O) groups is 1. The number of alkyl halides is 6. The lowest BCUT2D eigenvalue weighted by molar-refractivity contribution is -0.142. The highest BCUT2D eigenvalue weighted by molar-refractivity contribution is 9.10. The quantitative estimate of drug-likeness (QED) is 0.104. The van der Waals surface area contributed by atoms with Gasteiger partial charge >= 0.3 is 18.3 Å². The fourth-order valence-electron chi connectivity index (χ4n) is 5.95. The van der Waals surface area contributed by atoms with E-state index in [1.165, 1.54) is 45.1 Å². The number of halogens is 7. The SMILES string of the molecule is COC(=O)c1cc(-c2cnc(Nc3cc(C)cc(C)c3)nc2-n2ccc(C(F)(F)F)n2)cnc1OC.Cc1cc(C)cc(Nc2ncc(Br)c(-n3ccc(C(F)(F)F)n3)n2)c1. The number of carbonyl (C=O) groups excluding carboxylic acids is 1. The van der Waals surface area contributed by atoms with E-state index in [1.54, 1.807) is 0 Å². The lowest BCUT2D eigenvalue weighted by atomic mass is 10.1. The molecular formula is C40H34BrF6N11O3. The van der Waals surface area contributed by atoms with Crippen molar-refractivity contribution in [3.63, 3.8) is 0 Å². The number of aromatic nitrogens is 9. The van der Waals surface area contributed by atoms with E-state index in [4.69, 9.17) is 9.47 Å². The average molecular weight is 911 g/mol. The predicted octanol–water partition coefficient (Wildman–Crippen LogP) is 9.70. The van der Waals surface area contributed by atoms with Gasteiger partial charge in [-0.1, -0.05) is 12.1 Å². The number of anilines is 4. The molecule has 0 spiro atoms. The van der Waals surface area contributed by atoms with Crippen LogP contribution in [-0.4, -0.2) is 64.7 Å². The number of ether oxygens (including phenoxy) is 2. The summed E-state index contributed by atoms with van der Waals surface area (Å²) in [4.78, 5) is 33.5. The van der Waals surface area contributed by atoms with Crippen molar-refractivity contribution in [2.75, 3.05) is 24.9 Å². The predicted molar refractivity (Wildman–Crippen MR) is 216 cm³/mol. The Morgan fingerprint density at radius 1 is 0.656 bits per heavy atom. The second-order valence-corrected chi connectivity index (χ2v) is 14.2. The highest BCUT2D eigenvalue weighted by Crippen LogP contribution is 2.33. The van der Waals surface area contributed by atoms with E-state index in [-0.39, 0.29) is 40.5 Å². The zero-order valence-electron chi connectivity index (χ0n) is 33.0. The Morgan fingerprint density at radius 2 is 1.13 bits per heavy atom. The molecule has 0 atom stereocenters. The summed E-state index contributed by atoms with van der Waals surface area (Å²) in [6, 6.07) is 14.8. The maximum absolute atomic E-state index is 13.3. The van der Waals surface area contributed by atoms with Crippen LogP contribution in [-0.2, 0) is 17.1 Å². The van der Waals surface area contributed by atoms with Gasteiger partial charge < -0.3 is 20.1 Å². The molecule has 0 amide bonds. The van der Waals surface area contributed by atoms with E-state index >= 15 is 0 Å². The standard InChI is InChI=1S/C24H21F3N6O3.C16H13BrF3N5/c1-13-7-14(2)9-16(8-13)30-23-29-12-18(15-10-17(22(34)36-4)21(35-3)28-11-15)20(31-23)33-6-5-19(32-33)24(25,26)27;1-9-5-10(2)7-11(6-9)22-15-21-8-12(17)14(23-15)25-4-3-13(24-25)16(18,19)20/h5-12H,1-4H3,(H,29,30,31);3-8H,1-2H3,(H,21,22,23). The van der Waals surface area contributed by atoms with Crippen LogP contribution in [0.5, 0.6) is 5.88 Å². The van der Waals surface area contributed by atoms with Gasteiger partial charge in [0.25, 0.3) is 0 Å². The summed E-state index contributed by atoms with van der Waals surface area (Å²) < 4.78 is 90.3. The molecule has 0 aliphatic rings. The first kappa shape index (κ1) is 43.7. The Morgan fingerprint density at radius 3 is 1.59 bits per heavy atom. The zero-order chi connectivity index (χ0) is 44.2. The molecular weight excluding hydrogens is 876 g/mol. The third-order valence-corrected chi connectivity index (χ3v) is 8.96. The summed E-state index contributed by atoms with van der Waals surface area (Å²) >= 11 is 3.24. The topological polar surface area (TPSA) is 160 Å². The smallest absolute Gasteiger partial charge is 0.435 e. The number of methoxy groups -OCH3 is 2. The molecule has 0 unspecified atom stereocenters. The van der Waals surface area contributed by atoms with Crippen LogP contribution in [0.1, 0.15) is 44.0 Å². The summed E-state index contributed by atoms with van der Waals surface area (Å²) in [5, 5.41) is 13.3. The third kappa shape index (κ3) is 10.7. The van der Waals surface area contributed by atoms with E-state index in [2.05, 4.69) is 61.7 Å². The summed E-state index contributed by atoms with van der Waals surface area (Å²) in [6.45, 7) is 7.81. The monoisotopic (exact) mass is 909 g/mol. The third-order valence-electron chi connectivity index (χ3n) is 8.40. The Hall–Kier alpha value is -6.90. The maximum atomic E-state index is 13.3. The van der Waals surface area contributed by atoms with Gasteiger partial charge in [-0.3, -0.25) is 0 Å². The molecule has 7 aromatic rings. The van der Waals surface area contributed by atoms with E-state index in [0.717, 1.165) is 55.6 Å². The summed E-state index contributed by atoms with van der Waals surface area (Å²) in [5.41, 5.74) is 4.24. The first-order chi connectivity index (χ1) is 28.8. The van der Waals surface area contributed by atoms with Crippen molar-refractivity contribution < 1.29 is 40.6 Å². The number of nitrogens with one attached hydrogen (secondary N) is 2. The summed E-state index contributed by atoms with van der Waals surface area (Å²) in [6.07, 6.45) is -2.54. The van der Waals surface area contributed by atoms with E-state index in [9.17, 15) is 31.1 Å². The fourth-order valence-corrected chi connectivity index (χ4v) is 6.32. The number of pyridine rings is 1. The van der Waals surface area contributed by atoms with Crippen LogP contribution in [0.25, 0.3) is 22.8 Å². The Labute approximate surface area is 352 Å². The molecule has 0 saturated heterocycles. The number of nitrogens with zero attached hydrogens (tertiary/aromatic N) is 9. The van der Waals surface area contributed by atoms with Gasteiger partial charge in [0.05, 0.1) is 18.7 Å². The zero-order valence-corrected chi connectivity index (χ0v) is 34.6. The first-order valence-corrected chi connectivity index (χ1v) is 18.6. The number of benzene rings is 2. The number of aryl methyl sites for hydroxylation is 4. The Balaban J connectivity index is 0.000000218. The largest absolute Gasteiger partial charge is 0.480 e. The molecule has 316 valence electrons. The second kappa shape index (κ2) is 17.8. The second-order valence-electron chi connectivity index (χ2n) is 13.4. The van der Waals surface area contributed by atoms with Crippen molar-refractivity contribution in [1.82, 2.24) is 44.5 Å². The highest BCUT2D eigenvalue weighted by Gasteiger charge is 2.35. The molecule has 7 rings (SSSR count). The van der Waals surface area contributed by atoms with Gasteiger partial charge in [-0.05, 0) is 108 Å². The molecule has 0 bridgehead atoms. The van der Waals surface area contributed by atoms with Gasteiger partial charge in [-0.15, -0.1) is 0 Å². The molecule has 2 aromatic carbocycles. The van der Waals surface area contributed by atoms with Crippen molar-refractivity contribution in [3.8, 4) is 28.6 Å². The van der Waals surface area contributed by atoms with E-state index in [0.29, 0.717) is 15.7 Å². The normalized spacial score (nSPS) is 11.4. The van der Waals surface area contributed by atoms with Gasteiger partial charge in [0.1, 0.15) is 5.56 Å². The highest BCUT2D eigenvalue weighted by atomic mass is 79.9. The van der Waals surface area contributed by atoms with E-state index in [1.807, 2.05) is 64.1 Å². The molecule has 5 aromatic heterocycles. The van der Waals surface area contributed by atoms with Crippen LogP contribution >= 0.6 is 15.9 Å². The molecule has 21 heteroatoms. The molecule has 0 fully saturated rings. The molecule has 0 radical (unpaired) electrons. The van der Waals surface area contributed by atoms with Gasteiger partial charge in [0.15, 0.2) is 23.0 Å². The van der Waals surface area contributed by atoms with Crippen LogP contribution in [0, 0.1) is 27.7 Å². The van der Waals surface area contributed by atoms with Crippen LogP contribution in [0.15, 0.2) is 90.1 Å². The van der Waals surface area contributed by atoms with Crippen LogP contribution in [0.4, 0.5) is 49.6 Å². The molecule has 14 nitrogen and oxygen atoms in total. The molecule has 61 heavy (non-hydrogen) atoms. The van der Waals surface area contributed by atoms with Crippen molar-refractivity contribution in [2.24, 2.45) is 0 Å². The lowest BCUT2D eigenvalue weighted by Crippen LogP contribution is -2.10. The molecule has 5 heterocycles. The van der Waals surface area contributed by atoms with Crippen LogP contribution in [0.2, 0.25) is 0 Å². The minimum absolute atomic E-state index is 0.0253. The Bertz CT molecular complexity index is 2680. The van der Waals surface area contributed by atoms with Crippen molar-refractivity contribution in [3.05, 3.63) is 129 Å². The van der Waals surface area contributed by atoms with Crippen molar-refractivity contribution in [2.45, 2.75) is 40.0 Å². The molecule has 0 aliphatic carbocycles. The number of hydrogen-bond acceptors (Lipinski definition) is 12. The van der Waals surface area contributed by atoms with Crippen molar-refractivity contribution >= 4 is 45.2 Å². The lowest BCUT2D eigenvalue weighted by Gasteiger charge is -2.13. The Kier molecular flexibility index (Phi) is 12.7. The molecule has 0 saturated carbocycles. The minimum atomic E-state index is -4.64. The molecule has 0 aliphatic heterocycles. The summed E-state index contributed by atoms with van der Waals surface area (Å²) in [7, 11) is 2.55. The van der Waals surface area contributed by atoms with Gasteiger partial charge in [0.2, 0.25) is 17.8 Å². The number of hydrogen-bond donors (Lipinski definition) is 2. The number of rotatable bonds is 9. The average Bonchev–Trinajstić information content (AvgIpc) is 3.90. The van der Waals surface area contributed by atoms with Crippen molar-refractivity contribution in [1.29, 1.82) is 0 Å². The molecule has 2 N–H and O–H groups in total. The van der Waals surface area contributed by atoms with Crippen LogP contribution < -0.4 is 15.4 Å². The van der Waals surface area contributed by atoms with Gasteiger partial charge in [-0.2, -0.15) is 46.5 Å². The fraction of sp³-hybridized carbons (Fsp3) is 0.200. The summed E-state index contributed by atoms with van der Waals surface area (Å²) in [5.74, 6) is -0.0351. The van der Waals surface area contributed by atoms with E-state index < -0.39 is 29.7 Å². The minimum Gasteiger partial charge on any atom is -0.480 e. The maximum Gasteiger partial charge on any atom is 0.435 e. The van der Waals surface area contributed by atoms with Crippen LogP contribution in [0.3, 0.4) is 0 Å². The van der Waals surface area contributed by atoms with Gasteiger partial charge in [0, 0.05) is 53.5 Å². The van der Waals surface area contributed by atoms with Gasteiger partial charge in [-0.25, -0.2) is 29.1 Å². The number of esters is 1.